The van der Waals surface area contributed by atoms with Crippen LogP contribution >= 0.6 is 0 Å². The minimum Gasteiger partial charge on any atom is -0.369 e. The largest absolute Gasteiger partial charge is 0.369 e. The third-order valence-corrected chi connectivity index (χ3v) is 4.64. The van der Waals surface area contributed by atoms with Gasteiger partial charge in [-0.1, -0.05) is 19.8 Å². The number of piperidine rings is 1. The molecule has 2 rings (SSSR count). The minimum absolute atomic E-state index is 0.0713. The van der Waals surface area contributed by atoms with Crippen LogP contribution < -0.4 is 11.5 Å². The molecule has 2 aliphatic rings. The van der Waals surface area contributed by atoms with E-state index in [1.165, 1.54) is 0 Å². The van der Waals surface area contributed by atoms with E-state index in [9.17, 15) is 9.59 Å². The van der Waals surface area contributed by atoms with Crippen LogP contribution in [-0.2, 0) is 9.59 Å². The van der Waals surface area contributed by atoms with Crippen molar-refractivity contribution in [1.82, 2.24) is 4.90 Å². The van der Waals surface area contributed by atoms with Crippen LogP contribution in [0.1, 0.15) is 45.4 Å². The number of rotatable bonds is 2. The number of hydrogen-bond donors (Lipinski definition) is 2. The monoisotopic (exact) mass is 267 g/mol. The van der Waals surface area contributed by atoms with Gasteiger partial charge in [0.1, 0.15) is 0 Å². The quantitative estimate of drug-likeness (QED) is 0.768. The van der Waals surface area contributed by atoms with Gasteiger partial charge in [0.2, 0.25) is 11.8 Å². The van der Waals surface area contributed by atoms with Crippen molar-refractivity contribution in [2.45, 2.75) is 51.0 Å². The van der Waals surface area contributed by atoms with Gasteiger partial charge < -0.3 is 16.4 Å². The van der Waals surface area contributed by atoms with Crippen molar-refractivity contribution < 1.29 is 9.59 Å². The first-order valence-electron chi connectivity index (χ1n) is 7.30. The lowest BCUT2D eigenvalue weighted by molar-refractivity contribution is -0.141. The smallest absolute Gasteiger partial charge is 0.242 e. The fourth-order valence-corrected chi connectivity index (χ4v) is 3.47. The van der Waals surface area contributed by atoms with Crippen molar-refractivity contribution >= 4 is 11.8 Å². The lowest BCUT2D eigenvalue weighted by atomic mass is 9.76. The highest BCUT2D eigenvalue weighted by Crippen LogP contribution is 2.32. The second-order valence-corrected chi connectivity index (χ2v) is 6.33. The van der Waals surface area contributed by atoms with Crippen LogP contribution in [0.25, 0.3) is 0 Å². The molecule has 19 heavy (non-hydrogen) atoms. The molecule has 5 nitrogen and oxygen atoms in total. The number of amides is 2. The van der Waals surface area contributed by atoms with Gasteiger partial charge >= 0.3 is 0 Å². The summed E-state index contributed by atoms with van der Waals surface area (Å²) in [4.78, 5) is 25.5. The molecule has 0 radical (unpaired) electrons. The van der Waals surface area contributed by atoms with Crippen LogP contribution in [0.2, 0.25) is 0 Å². The molecular formula is C14H25N3O2. The van der Waals surface area contributed by atoms with Gasteiger partial charge in [-0.2, -0.15) is 0 Å². The Kier molecular flexibility index (Phi) is 4.13. The molecule has 1 aliphatic carbocycles. The summed E-state index contributed by atoms with van der Waals surface area (Å²) in [6.07, 6.45) is 5.10. The Morgan fingerprint density at radius 3 is 2.37 bits per heavy atom. The second kappa shape index (κ2) is 5.49. The van der Waals surface area contributed by atoms with Gasteiger partial charge in [0, 0.05) is 19.0 Å². The van der Waals surface area contributed by atoms with Crippen LogP contribution in [0.15, 0.2) is 0 Å². The fraction of sp³-hybridized carbons (Fsp3) is 0.857. The highest BCUT2D eigenvalue weighted by Gasteiger charge is 2.41. The zero-order chi connectivity index (χ0) is 14.0. The molecule has 1 aliphatic heterocycles. The number of hydrogen-bond acceptors (Lipinski definition) is 3. The molecule has 2 unspecified atom stereocenters. The summed E-state index contributed by atoms with van der Waals surface area (Å²) in [5.74, 6) is 0.261. The third-order valence-electron chi connectivity index (χ3n) is 4.64. The molecule has 1 heterocycles. The van der Waals surface area contributed by atoms with Gasteiger partial charge in [-0.3, -0.25) is 9.59 Å². The lowest BCUT2D eigenvalue weighted by Gasteiger charge is -2.41. The first kappa shape index (κ1) is 14.3. The highest BCUT2D eigenvalue weighted by molar-refractivity contribution is 5.86. The van der Waals surface area contributed by atoms with E-state index >= 15 is 0 Å². The molecule has 4 N–H and O–H groups in total. The molecule has 0 aromatic carbocycles. The summed E-state index contributed by atoms with van der Waals surface area (Å²) < 4.78 is 0. The maximum absolute atomic E-state index is 12.6. The average molecular weight is 267 g/mol. The number of primary amides is 1. The lowest BCUT2D eigenvalue weighted by Crippen LogP contribution is -2.58. The molecule has 2 atom stereocenters. The molecule has 1 saturated heterocycles. The molecule has 0 aromatic rings. The third kappa shape index (κ3) is 3.08. The van der Waals surface area contributed by atoms with Gasteiger partial charge in [0.15, 0.2) is 0 Å². The standard InChI is InChI=1S/C14H25N3O2/c1-10-3-2-6-14(16,9-10)13(19)17-7-4-11(5-8-17)12(15)18/h10-11H,2-9,16H2,1H3,(H2,15,18). The van der Waals surface area contributed by atoms with Crippen LogP contribution in [0.4, 0.5) is 0 Å². The van der Waals surface area contributed by atoms with Crippen molar-refractivity contribution in [2.24, 2.45) is 23.3 Å². The van der Waals surface area contributed by atoms with Crippen LogP contribution in [0.3, 0.4) is 0 Å². The molecule has 5 heteroatoms. The zero-order valence-corrected chi connectivity index (χ0v) is 11.7. The van der Waals surface area contributed by atoms with E-state index in [1.807, 2.05) is 4.90 Å². The van der Waals surface area contributed by atoms with E-state index in [1.54, 1.807) is 0 Å². The van der Waals surface area contributed by atoms with E-state index in [0.717, 1.165) is 25.7 Å². The summed E-state index contributed by atoms with van der Waals surface area (Å²) >= 11 is 0. The molecule has 2 fully saturated rings. The van der Waals surface area contributed by atoms with Gasteiger partial charge in [0.05, 0.1) is 5.54 Å². The molecule has 0 spiro atoms. The number of carbonyl (C=O) groups is 2. The Labute approximate surface area is 114 Å². The van der Waals surface area contributed by atoms with Crippen molar-refractivity contribution in [3.05, 3.63) is 0 Å². The maximum atomic E-state index is 12.6. The number of nitrogens with two attached hydrogens (primary N) is 2. The summed E-state index contributed by atoms with van der Waals surface area (Å²) in [5, 5.41) is 0. The topological polar surface area (TPSA) is 89.4 Å². The SMILES string of the molecule is CC1CCCC(N)(C(=O)N2CCC(C(N)=O)CC2)C1. The van der Waals surface area contributed by atoms with E-state index in [-0.39, 0.29) is 17.7 Å². The fourth-order valence-electron chi connectivity index (χ4n) is 3.47. The van der Waals surface area contributed by atoms with Crippen molar-refractivity contribution in [1.29, 1.82) is 0 Å². The van der Waals surface area contributed by atoms with Gasteiger partial charge in [0.25, 0.3) is 0 Å². The molecular weight excluding hydrogens is 242 g/mol. The van der Waals surface area contributed by atoms with Gasteiger partial charge in [-0.25, -0.2) is 0 Å². The summed E-state index contributed by atoms with van der Waals surface area (Å²) in [5.41, 5.74) is 11.0. The number of nitrogens with zero attached hydrogens (tertiary/aromatic N) is 1. The predicted molar refractivity (Wildman–Crippen MR) is 73.0 cm³/mol. The van der Waals surface area contributed by atoms with E-state index in [4.69, 9.17) is 11.5 Å². The van der Waals surface area contributed by atoms with E-state index < -0.39 is 5.54 Å². The Hall–Kier alpha value is -1.10. The average Bonchev–Trinajstić information content (AvgIpc) is 2.37. The predicted octanol–water partition coefficient (Wildman–Crippen LogP) is 0.618. The van der Waals surface area contributed by atoms with Crippen LogP contribution in [0, 0.1) is 11.8 Å². The Morgan fingerprint density at radius 2 is 1.84 bits per heavy atom. The van der Waals surface area contributed by atoms with Crippen molar-refractivity contribution in [3.63, 3.8) is 0 Å². The Balaban J connectivity index is 1.95. The van der Waals surface area contributed by atoms with Crippen LogP contribution in [-0.4, -0.2) is 35.3 Å². The first-order valence-corrected chi connectivity index (χ1v) is 7.30. The summed E-state index contributed by atoms with van der Waals surface area (Å²) in [7, 11) is 0. The molecule has 108 valence electrons. The summed E-state index contributed by atoms with van der Waals surface area (Å²) in [6.45, 7) is 3.38. The van der Waals surface area contributed by atoms with Crippen molar-refractivity contribution in [2.75, 3.05) is 13.1 Å². The number of carbonyl (C=O) groups excluding carboxylic acids is 2. The molecule has 0 bridgehead atoms. The maximum Gasteiger partial charge on any atom is 0.242 e. The molecule has 1 saturated carbocycles. The Bertz CT molecular complexity index is 364. The number of likely N-dealkylation sites (tertiary alicyclic amines) is 1. The first-order chi connectivity index (χ1) is 8.92. The van der Waals surface area contributed by atoms with E-state index in [0.29, 0.717) is 31.8 Å². The normalized spacial score (nSPS) is 33.2. The summed E-state index contributed by atoms with van der Waals surface area (Å²) in [6, 6.07) is 0. The van der Waals surface area contributed by atoms with Crippen molar-refractivity contribution in [3.8, 4) is 0 Å². The van der Waals surface area contributed by atoms with E-state index in [2.05, 4.69) is 6.92 Å². The highest BCUT2D eigenvalue weighted by atomic mass is 16.2. The molecule has 0 aromatic heterocycles. The zero-order valence-electron chi connectivity index (χ0n) is 11.7. The molecule has 2 amide bonds. The van der Waals surface area contributed by atoms with Crippen LogP contribution in [0.5, 0.6) is 0 Å². The van der Waals surface area contributed by atoms with Gasteiger partial charge in [-0.05, 0) is 31.6 Å². The van der Waals surface area contributed by atoms with Gasteiger partial charge in [-0.15, -0.1) is 0 Å². The second-order valence-electron chi connectivity index (χ2n) is 6.33. The Morgan fingerprint density at radius 1 is 1.21 bits per heavy atom. The minimum atomic E-state index is -0.683.